The van der Waals surface area contributed by atoms with Gasteiger partial charge in [0.25, 0.3) is 0 Å². The molecule has 2 amide bonds. The summed E-state index contributed by atoms with van der Waals surface area (Å²) in [5.74, 6) is -0.0582. The van der Waals surface area contributed by atoms with Crippen molar-refractivity contribution in [3.8, 4) is 33.0 Å². The molecule has 1 aromatic carbocycles. The summed E-state index contributed by atoms with van der Waals surface area (Å²) in [6, 6.07) is 13.0. The molecule has 0 aliphatic rings. The van der Waals surface area contributed by atoms with Gasteiger partial charge in [-0.05, 0) is 26.0 Å². The highest BCUT2D eigenvalue weighted by molar-refractivity contribution is 7.13. The molecule has 3 heterocycles. The third kappa shape index (κ3) is 5.26. The van der Waals surface area contributed by atoms with Crippen LogP contribution in [0.2, 0.25) is 0 Å². The van der Waals surface area contributed by atoms with E-state index < -0.39 is 5.97 Å². The van der Waals surface area contributed by atoms with E-state index in [0.29, 0.717) is 23.5 Å². The maximum atomic E-state index is 12.2. The average Bonchev–Trinajstić information content (AvgIpc) is 3.35. The molecule has 0 spiro atoms. The lowest BCUT2D eigenvalue weighted by molar-refractivity contribution is 0.0526. The second-order valence-electron chi connectivity index (χ2n) is 7.19. The van der Waals surface area contributed by atoms with Crippen LogP contribution in [0.1, 0.15) is 24.2 Å². The number of aromatic nitrogens is 3. The molecule has 0 atom stereocenters. The number of nitrogens with one attached hydrogen (secondary N) is 2. The van der Waals surface area contributed by atoms with Crippen LogP contribution >= 0.6 is 11.3 Å². The lowest BCUT2D eigenvalue weighted by atomic mass is 10.0. The highest BCUT2D eigenvalue weighted by atomic mass is 32.1. The molecule has 4 aromatic rings. The Morgan fingerprint density at radius 2 is 1.82 bits per heavy atom. The Hall–Kier alpha value is -4.11. The minimum absolute atomic E-state index is 0.275. The second kappa shape index (κ2) is 10.7. The van der Waals surface area contributed by atoms with Crippen molar-refractivity contribution in [1.29, 1.82) is 0 Å². The molecule has 0 saturated carbocycles. The number of nitrogens with zero attached hydrogens (tertiary/aromatic N) is 3. The molecule has 0 aliphatic heterocycles. The van der Waals surface area contributed by atoms with Crippen LogP contribution in [0.4, 0.5) is 10.6 Å². The number of urea groups is 1. The Kier molecular flexibility index (Phi) is 7.24. The predicted molar refractivity (Wildman–Crippen MR) is 133 cm³/mol. The molecular formula is C25H23N5O3S. The minimum atomic E-state index is -0.443. The van der Waals surface area contributed by atoms with Gasteiger partial charge in [0.15, 0.2) is 0 Å². The highest BCUT2D eigenvalue weighted by Gasteiger charge is 2.17. The van der Waals surface area contributed by atoms with E-state index in [-0.39, 0.29) is 12.6 Å². The number of amides is 2. The standard InChI is InChI=1S/C25H23N5O3S/c1-3-27-25(32)30-22-11-19(23-29-21(15-34-23)16-8-6-5-7-9-16)20(14-28-22)17-10-18(13-26-12-17)24(31)33-4-2/h5-15H,3-4H2,1-2H3,(H2,27,28,30,32). The molecule has 3 aromatic heterocycles. The summed E-state index contributed by atoms with van der Waals surface area (Å²) < 4.78 is 5.11. The summed E-state index contributed by atoms with van der Waals surface area (Å²) in [4.78, 5) is 37.7. The summed E-state index contributed by atoms with van der Waals surface area (Å²) >= 11 is 1.48. The summed E-state index contributed by atoms with van der Waals surface area (Å²) in [6.07, 6.45) is 4.77. The number of anilines is 1. The zero-order valence-corrected chi connectivity index (χ0v) is 19.6. The summed E-state index contributed by atoms with van der Waals surface area (Å²) in [5.41, 5.74) is 4.38. The van der Waals surface area contributed by atoms with Crippen molar-refractivity contribution in [1.82, 2.24) is 20.3 Å². The van der Waals surface area contributed by atoms with E-state index in [1.54, 1.807) is 31.5 Å². The molecule has 2 N–H and O–H groups in total. The van der Waals surface area contributed by atoms with E-state index in [1.807, 2.05) is 42.6 Å². The van der Waals surface area contributed by atoms with Gasteiger partial charge in [-0.2, -0.15) is 0 Å². The molecule has 0 radical (unpaired) electrons. The number of hydrogen-bond acceptors (Lipinski definition) is 7. The van der Waals surface area contributed by atoms with Crippen molar-refractivity contribution in [2.24, 2.45) is 0 Å². The fraction of sp³-hybridized carbons (Fsp3) is 0.160. The highest BCUT2D eigenvalue weighted by Crippen LogP contribution is 2.36. The van der Waals surface area contributed by atoms with Crippen molar-refractivity contribution >= 4 is 29.2 Å². The van der Waals surface area contributed by atoms with Crippen LogP contribution in [-0.4, -0.2) is 40.1 Å². The Labute approximate surface area is 201 Å². The molecule has 4 rings (SSSR count). The van der Waals surface area contributed by atoms with E-state index >= 15 is 0 Å². The van der Waals surface area contributed by atoms with E-state index in [4.69, 9.17) is 9.72 Å². The second-order valence-corrected chi connectivity index (χ2v) is 8.04. The fourth-order valence-electron chi connectivity index (χ4n) is 3.30. The topological polar surface area (TPSA) is 106 Å². The largest absolute Gasteiger partial charge is 0.462 e. The van der Waals surface area contributed by atoms with Gasteiger partial charge < -0.3 is 10.1 Å². The van der Waals surface area contributed by atoms with Crippen LogP contribution in [0.5, 0.6) is 0 Å². The Morgan fingerprint density at radius 1 is 1.00 bits per heavy atom. The third-order valence-corrected chi connectivity index (χ3v) is 5.72. The van der Waals surface area contributed by atoms with Gasteiger partial charge in [0.2, 0.25) is 0 Å². The summed E-state index contributed by atoms with van der Waals surface area (Å²) in [5, 5.41) is 8.17. The number of esters is 1. The number of carbonyl (C=O) groups excluding carboxylic acids is 2. The maximum Gasteiger partial charge on any atom is 0.339 e. The van der Waals surface area contributed by atoms with Crippen molar-refractivity contribution < 1.29 is 14.3 Å². The van der Waals surface area contributed by atoms with Crippen molar-refractivity contribution in [3.05, 3.63) is 72.0 Å². The predicted octanol–water partition coefficient (Wildman–Crippen LogP) is 5.25. The first-order valence-electron chi connectivity index (χ1n) is 10.8. The van der Waals surface area contributed by atoms with Gasteiger partial charge in [0, 0.05) is 52.8 Å². The molecular weight excluding hydrogens is 450 g/mol. The zero-order chi connectivity index (χ0) is 23.9. The number of rotatable bonds is 7. The fourth-order valence-corrected chi connectivity index (χ4v) is 4.16. The first-order valence-corrected chi connectivity index (χ1v) is 11.7. The van der Waals surface area contributed by atoms with Crippen LogP contribution in [0.3, 0.4) is 0 Å². The van der Waals surface area contributed by atoms with Crippen LogP contribution in [-0.2, 0) is 4.74 Å². The summed E-state index contributed by atoms with van der Waals surface area (Å²) in [6.45, 7) is 4.36. The van der Waals surface area contributed by atoms with Gasteiger partial charge in [0.1, 0.15) is 10.8 Å². The first kappa shape index (κ1) is 23.1. The number of pyridine rings is 2. The van der Waals surface area contributed by atoms with Gasteiger partial charge in [-0.25, -0.2) is 19.6 Å². The number of ether oxygens (including phenoxy) is 1. The molecule has 9 heteroatoms. The summed E-state index contributed by atoms with van der Waals surface area (Å²) in [7, 11) is 0. The number of carbonyl (C=O) groups is 2. The number of hydrogen-bond donors (Lipinski definition) is 2. The molecule has 0 bridgehead atoms. The Balaban J connectivity index is 1.78. The Bertz CT molecular complexity index is 1310. The molecule has 172 valence electrons. The molecule has 0 aliphatic carbocycles. The zero-order valence-electron chi connectivity index (χ0n) is 18.7. The molecule has 0 fully saturated rings. The van der Waals surface area contributed by atoms with Crippen LogP contribution < -0.4 is 10.6 Å². The molecule has 0 saturated heterocycles. The average molecular weight is 474 g/mol. The van der Waals surface area contributed by atoms with Gasteiger partial charge in [0.05, 0.1) is 17.9 Å². The molecule has 8 nitrogen and oxygen atoms in total. The maximum absolute atomic E-state index is 12.2. The number of thiazole rings is 1. The lowest BCUT2D eigenvalue weighted by Crippen LogP contribution is -2.28. The van der Waals surface area contributed by atoms with Gasteiger partial charge in [-0.15, -0.1) is 11.3 Å². The van der Waals surface area contributed by atoms with E-state index in [2.05, 4.69) is 20.6 Å². The monoisotopic (exact) mass is 473 g/mol. The Morgan fingerprint density at radius 3 is 2.59 bits per heavy atom. The SMILES string of the molecule is CCNC(=O)Nc1cc(-c2nc(-c3ccccc3)cs2)c(-c2cncc(C(=O)OCC)c2)cn1. The van der Waals surface area contributed by atoms with Gasteiger partial charge in [-0.3, -0.25) is 10.3 Å². The number of benzene rings is 1. The van der Waals surface area contributed by atoms with Crippen LogP contribution in [0, 0.1) is 0 Å². The first-order chi connectivity index (χ1) is 16.6. The van der Waals surface area contributed by atoms with Gasteiger partial charge >= 0.3 is 12.0 Å². The van der Waals surface area contributed by atoms with E-state index in [0.717, 1.165) is 27.4 Å². The van der Waals surface area contributed by atoms with Crippen molar-refractivity contribution in [3.63, 3.8) is 0 Å². The smallest absolute Gasteiger partial charge is 0.339 e. The normalized spacial score (nSPS) is 10.5. The van der Waals surface area contributed by atoms with Crippen LogP contribution in [0.15, 0.2) is 66.4 Å². The van der Waals surface area contributed by atoms with Gasteiger partial charge in [-0.1, -0.05) is 30.3 Å². The minimum Gasteiger partial charge on any atom is -0.462 e. The third-order valence-electron chi connectivity index (χ3n) is 4.85. The van der Waals surface area contributed by atoms with Crippen molar-refractivity contribution in [2.45, 2.75) is 13.8 Å². The van der Waals surface area contributed by atoms with E-state index in [1.165, 1.54) is 17.5 Å². The van der Waals surface area contributed by atoms with Crippen LogP contribution in [0.25, 0.3) is 33.0 Å². The molecule has 0 unspecified atom stereocenters. The quantitative estimate of drug-likeness (QED) is 0.355. The molecule has 34 heavy (non-hydrogen) atoms. The van der Waals surface area contributed by atoms with E-state index in [9.17, 15) is 9.59 Å². The van der Waals surface area contributed by atoms with Crippen molar-refractivity contribution in [2.75, 3.05) is 18.5 Å². The lowest BCUT2D eigenvalue weighted by Gasteiger charge is -2.11.